The summed E-state index contributed by atoms with van der Waals surface area (Å²) >= 11 is 0. The Hall–Kier alpha value is -1.61. The summed E-state index contributed by atoms with van der Waals surface area (Å²) in [5.74, 6) is 0.831. The highest BCUT2D eigenvalue weighted by molar-refractivity contribution is 5.88. The normalized spacial score (nSPS) is 17.1. The Morgan fingerprint density at radius 1 is 1.35 bits per heavy atom. The van der Waals surface area contributed by atoms with Gasteiger partial charge in [0.25, 0.3) is 0 Å². The highest BCUT2D eigenvalue weighted by Crippen LogP contribution is 2.50. The molecule has 0 aliphatic heterocycles. The molecule has 0 saturated heterocycles. The maximum Gasteiger partial charge on any atom is 0.145 e. The molecule has 1 aromatic carbocycles. The number of benzene rings is 1. The lowest BCUT2D eigenvalue weighted by Gasteiger charge is -2.16. The SMILES string of the molecule is COc1ccc(C2(CN)CC2)c2cccnc12. The van der Waals surface area contributed by atoms with Crippen LogP contribution in [0, 0.1) is 0 Å². The summed E-state index contributed by atoms with van der Waals surface area (Å²) in [6, 6.07) is 8.22. The summed E-state index contributed by atoms with van der Waals surface area (Å²) in [4.78, 5) is 4.42. The van der Waals surface area contributed by atoms with Crippen LogP contribution >= 0.6 is 0 Å². The molecule has 17 heavy (non-hydrogen) atoms. The largest absolute Gasteiger partial charge is 0.494 e. The molecule has 0 bridgehead atoms. The van der Waals surface area contributed by atoms with Crippen molar-refractivity contribution in [2.75, 3.05) is 13.7 Å². The Morgan fingerprint density at radius 2 is 2.18 bits per heavy atom. The average Bonchev–Trinajstić information content (AvgIpc) is 3.18. The Morgan fingerprint density at radius 3 is 2.82 bits per heavy atom. The molecule has 1 aliphatic carbocycles. The lowest BCUT2D eigenvalue weighted by molar-refractivity contribution is 0.418. The molecule has 2 N–H and O–H groups in total. The van der Waals surface area contributed by atoms with E-state index in [2.05, 4.69) is 17.1 Å². The van der Waals surface area contributed by atoms with Crippen LogP contribution in [-0.2, 0) is 5.41 Å². The van der Waals surface area contributed by atoms with E-state index in [-0.39, 0.29) is 5.41 Å². The van der Waals surface area contributed by atoms with Crippen LogP contribution in [0.15, 0.2) is 30.5 Å². The number of nitrogens with zero attached hydrogens (tertiary/aromatic N) is 1. The van der Waals surface area contributed by atoms with Gasteiger partial charge < -0.3 is 10.5 Å². The van der Waals surface area contributed by atoms with Gasteiger partial charge in [-0.05, 0) is 30.5 Å². The van der Waals surface area contributed by atoms with Crippen molar-refractivity contribution in [3.8, 4) is 5.75 Å². The van der Waals surface area contributed by atoms with Crippen LogP contribution < -0.4 is 10.5 Å². The fourth-order valence-electron chi connectivity index (χ4n) is 2.51. The van der Waals surface area contributed by atoms with Crippen molar-refractivity contribution in [2.45, 2.75) is 18.3 Å². The van der Waals surface area contributed by atoms with Gasteiger partial charge in [0, 0.05) is 23.5 Å². The monoisotopic (exact) mass is 228 g/mol. The van der Waals surface area contributed by atoms with Gasteiger partial charge in [-0.25, -0.2) is 0 Å². The van der Waals surface area contributed by atoms with Gasteiger partial charge >= 0.3 is 0 Å². The fourth-order valence-corrected chi connectivity index (χ4v) is 2.51. The van der Waals surface area contributed by atoms with Crippen LogP contribution in [0.3, 0.4) is 0 Å². The third-order valence-corrected chi connectivity index (χ3v) is 3.77. The molecular formula is C14H16N2O. The van der Waals surface area contributed by atoms with Crippen LogP contribution in [-0.4, -0.2) is 18.6 Å². The highest BCUT2D eigenvalue weighted by atomic mass is 16.5. The molecule has 0 unspecified atom stereocenters. The second kappa shape index (κ2) is 3.70. The first-order chi connectivity index (χ1) is 8.30. The van der Waals surface area contributed by atoms with Crippen molar-refractivity contribution in [2.24, 2.45) is 5.73 Å². The lowest BCUT2D eigenvalue weighted by Crippen LogP contribution is -2.20. The fraction of sp³-hybridized carbons (Fsp3) is 0.357. The van der Waals surface area contributed by atoms with E-state index >= 15 is 0 Å². The quantitative estimate of drug-likeness (QED) is 0.876. The van der Waals surface area contributed by atoms with Crippen molar-refractivity contribution in [1.82, 2.24) is 4.98 Å². The van der Waals surface area contributed by atoms with Gasteiger partial charge in [-0.1, -0.05) is 12.1 Å². The number of ether oxygens (including phenoxy) is 1. The van der Waals surface area contributed by atoms with E-state index in [1.54, 1.807) is 13.3 Å². The topological polar surface area (TPSA) is 48.1 Å². The molecule has 0 amide bonds. The standard InChI is InChI=1S/C14H16N2O/c1-17-12-5-4-11(14(9-15)6-7-14)10-3-2-8-16-13(10)12/h2-5,8H,6-7,9,15H2,1H3. The molecule has 1 aromatic heterocycles. The number of hydrogen-bond donors (Lipinski definition) is 1. The van der Waals surface area contributed by atoms with Crippen LogP contribution in [0.25, 0.3) is 10.9 Å². The molecule has 0 radical (unpaired) electrons. The predicted octanol–water partition coefficient (Wildman–Crippen LogP) is 2.23. The zero-order valence-corrected chi connectivity index (χ0v) is 9.94. The van der Waals surface area contributed by atoms with E-state index < -0.39 is 0 Å². The molecule has 3 heteroatoms. The molecule has 1 heterocycles. The van der Waals surface area contributed by atoms with Gasteiger partial charge in [0.05, 0.1) is 7.11 Å². The first kappa shape index (κ1) is 10.5. The predicted molar refractivity (Wildman–Crippen MR) is 68.3 cm³/mol. The number of hydrogen-bond acceptors (Lipinski definition) is 3. The molecule has 0 spiro atoms. The van der Waals surface area contributed by atoms with Crippen molar-refractivity contribution >= 4 is 10.9 Å². The van der Waals surface area contributed by atoms with Crippen LogP contribution in [0.1, 0.15) is 18.4 Å². The van der Waals surface area contributed by atoms with Crippen molar-refractivity contribution in [3.05, 3.63) is 36.0 Å². The Balaban J connectivity index is 2.27. The van der Waals surface area contributed by atoms with E-state index in [0.29, 0.717) is 6.54 Å². The summed E-state index contributed by atoms with van der Waals surface area (Å²) in [6.45, 7) is 0.712. The van der Waals surface area contributed by atoms with Gasteiger partial charge in [-0.2, -0.15) is 0 Å². The average molecular weight is 228 g/mol. The molecule has 1 aliphatic rings. The lowest BCUT2D eigenvalue weighted by atomic mass is 9.92. The Bertz CT molecular complexity index is 561. The van der Waals surface area contributed by atoms with Gasteiger partial charge in [0.2, 0.25) is 0 Å². The maximum absolute atomic E-state index is 5.91. The van der Waals surface area contributed by atoms with Crippen LogP contribution in [0.4, 0.5) is 0 Å². The third kappa shape index (κ3) is 1.50. The number of rotatable bonds is 3. The third-order valence-electron chi connectivity index (χ3n) is 3.77. The zero-order chi connectivity index (χ0) is 11.9. The van der Waals surface area contributed by atoms with Crippen molar-refractivity contribution in [3.63, 3.8) is 0 Å². The first-order valence-corrected chi connectivity index (χ1v) is 5.93. The number of nitrogens with two attached hydrogens (primary N) is 1. The maximum atomic E-state index is 5.91. The minimum Gasteiger partial charge on any atom is -0.494 e. The van der Waals surface area contributed by atoms with E-state index in [1.165, 1.54) is 23.8 Å². The van der Waals surface area contributed by atoms with Gasteiger partial charge in [-0.3, -0.25) is 4.98 Å². The van der Waals surface area contributed by atoms with Gasteiger partial charge in [0.15, 0.2) is 0 Å². The molecular weight excluding hydrogens is 212 g/mol. The van der Waals surface area contributed by atoms with Gasteiger partial charge in [-0.15, -0.1) is 0 Å². The second-order valence-electron chi connectivity index (χ2n) is 4.70. The Kier molecular flexibility index (Phi) is 2.30. The van der Waals surface area contributed by atoms with E-state index in [1.807, 2.05) is 12.1 Å². The van der Waals surface area contributed by atoms with Crippen LogP contribution in [0.5, 0.6) is 5.75 Å². The van der Waals surface area contributed by atoms with Crippen molar-refractivity contribution < 1.29 is 4.74 Å². The second-order valence-corrected chi connectivity index (χ2v) is 4.70. The summed E-state index contributed by atoms with van der Waals surface area (Å²) in [7, 11) is 1.68. The first-order valence-electron chi connectivity index (χ1n) is 5.93. The summed E-state index contributed by atoms with van der Waals surface area (Å²) in [5.41, 5.74) is 8.36. The number of methoxy groups -OCH3 is 1. The summed E-state index contributed by atoms with van der Waals surface area (Å²) < 4.78 is 5.36. The summed E-state index contributed by atoms with van der Waals surface area (Å²) in [6.07, 6.45) is 4.16. The number of pyridine rings is 1. The van der Waals surface area contributed by atoms with Gasteiger partial charge in [0.1, 0.15) is 11.3 Å². The molecule has 1 saturated carbocycles. The summed E-state index contributed by atoms with van der Waals surface area (Å²) in [5, 5.41) is 1.18. The molecule has 3 rings (SSSR count). The minimum atomic E-state index is 0.188. The minimum absolute atomic E-state index is 0.188. The van der Waals surface area contributed by atoms with E-state index in [4.69, 9.17) is 10.5 Å². The highest BCUT2D eigenvalue weighted by Gasteiger charge is 2.44. The molecule has 3 nitrogen and oxygen atoms in total. The Labute approximate surface area is 101 Å². The molecule has 1 fully saturated rings. The molecule has 2 aromatic rings. The zero-order valence-electron chi connectivity index (χ0n) is 9.94. The number of aromatic nitrogens is 1. The molecule has 0 atom stereocenters. The smallest absolute Gasteiger partial charge is 0.145 e. The van der Waals surface area contributed by atoms with Crippen molar-refractivity contribution in [1.29, 1.82) is 0 Å². The van der Waals surface area contributed by atoms with E-state index in [0.717, 1.165) is 11.3 Å². The van der Waals surface area contributed by atoms with E-state index in [9.17, 15) is 0 Å². The number of fused-ring (bicyclic) bond motifs is 1. The molecule has 88 valence electrons. The van der Waals surface area contributed by atoms with Crippen LogP contribution in [0.2, 0.25) is 0 Å².